The van der Waals surface area contributed by atoms with Gasteiger partial charge >= 0.3 is 19.4 Å². The van der Waals surface area contributed by atoms with Crippen LogP contribution in [0.2, 0.25) is 0 Å². The zero-order valence-corrected chi connectivity index (χ0v) is 23.1. The van der Waals surface area contributed by atoms with Crippen LogP contribution in [0.15, 0.2) is 35.3 Å². The van der Waals surface area contributed by atoms with Crippen molar-refractivity contribution in [2.75, 3.05) is 25.6 Å². The minimum Gasteiger partial charge on any atom is -0.486 e. The summed E-state index contributed by atoms with van der Waals surface area (Å²) >= 11 is 0.895. The summed E-state index contributed by atoms with van der Waals surface area (Å²) in [6.07, 6.45) is -2.60. The van der Waals surface area contributed by atoms with E-state index in [9.17, 15) is 19.3 Å². The van der Waals surface area contributed by atoms with Crippen LogP contribution in [0.3, 0.4) is 0 Å². The minimum atomic E-state index is -4.38. The van der Waals surface area contributed by atoms with Gasteiger partial charge < -0.3 is 29.6 Å². The summed E-state index contributed by atoms with van der Waals surface area (Å²) in [5.41, 5.74) is 4.72. The van der Waals surface area contributed by atoms with Gasteiger partial charge in [-0.05, 0) is 39.0 Å². The van der Waals surface area contributed by atoms with E-state index in [1.807, 2.05) is 0 Å². The van der Waals surface area contributed by atoms with Crippen LogP contribution < -0.4 is 30.5 Å². The van der Waals surface area contributed by atoms with Crippen molar-refractivity contribution in [3.63, 3.8) is 0 Å². The number of nitrogens with zero attached hydrogens (tertiary/aromatic N) is 2. The van der Waals surface area contributed by atoms with E-state index >= 15 is 4.39 Å². The largest absolute Gasteiger partial charge is 0.486 e. The molecule has 2 aliphatic heterocycles. The van der Waals surface area contributed by atoms with Gasteiger partial charge in [0, 0.05) is 6.20 Å². The smallest absolute Gasteiger partial charge is 0.459 e. The van der Waals surface area contributed by atoms with Crippen LogP contribution in [-0.2, 0) is 18.6 Å². The van der Waals surface area contributed by atoms with Gasteiger partial charge in [-0.3, -0.25) is 13.9 Å². The molecule has 16 heteroatoms. The first-order chi connectivity index (χ1) is 18.5. The van der Waals surface area contributed by atoms with E-state index in [0.717, 1.165) is 16.3 Å². The zero-order chi connectivity index (χ0) is 28.3. The van der Waals surface area contributed by atoms with Crippen molar-refractivity contribution in [1.29, 1.82) is 0 Å². The number of aliphatic hydroxyl groups is 1. The maximum Gasteiger partial charge on any atom is 0.459 e. The SMILES string of the molecule is CC(C)OC(=O)[C@H](C)N[P@](=O)(OC[C@H]1S[C@@H](n2ccc(N)nc2=O)[C@@H](F)[C@@H]1O)Oc1cccc2c1OCCO2. The minimum absolute atomic E-state index is 0.0211. The first-order valence-corrected chi connectivity index (χ1v) is 14.6. The Balaban J connectivity index is 1.54. The highest BCUT2D eigenvalue weighted by Gasteiger charge is 2.47. The number of anilines is 1. The van der Waals surface area contributed by atoms with E-state index in [1.165, 1.54) is 25.3 Å². The second-order valence-corrected chi connectivity index (χ2v) is 12.1. The Hall–Kier alpha value is -2.84. The maximum absolute atomic E-state index is 15.0. The van der Waals surface area contributed by atoms with Crippen molar-refractivity contribution in [2.24, 2.45) is 0 Å². The number of fused-ring (bicyclic) bond motifs is 1. The number of hydrogen-bond acceptors (Lipinski definition) is 12. The lowest BCUT2D eigenvalue weighted by Gasteiger charge is -2.27. The lowest BCUT2D eigenvalue weighted by Crippen LogP contribution is -2.37. The number of rotatable bonds is 10. The molecule has 0 amide bonds. The Labute approximate surface area is 227 Å². The average Bonchev–Trinajstić information content (AvgIpc) is 3.16. The molecule has 2 aliphatic rings. The molecule has 13 nitrogen and oxygen atoms in total. The molecule has 4 rings (SSSR count). The number of alkyl halides is 1. The van der Waals surface area contributed by atoms with Gasteiger partial charge in [-0.1, -0.05) is 6.07 Å². The highest BCUT2D eigenvalue weighted by molar-refractivity contribution is 8.00. The summed E-state index contributed by atoms with van der Waals surface area (Å²) in [4.78, 5) is 28.2. The lowest BCUT2D eigenvalue weighted by molar-refractivity contribution is -0.149. The van der Waals surface area contributed by atoms with Crippen molar-refractivity contribution in [1.82, 2.24) is 14.6 Å². The highest BCUT2D eigenvalue weighted by Crippen LogP contribution is 2.52. The number of nitrogens with one attached hydrogen (secondary N) is 1. The number of hydrogen-bond donors (Lipinski definition) is 3. The van der Waals surface area contributed by atoms with Gasteiger partial charge in [-0.15, -0.1) is 11.8 Å². The number of nitrogens with two attached hydrogens (primary N) is 1. The molecule has 6 atom stereocenters. The predicted octanol–water partition coefficient (Wildman–Crippen LogP) is 2.04. The molecule has 3 heterocycles. The number of carbonyl (C=O) groups is 1. The molecule has 0 bridgehead atoms. The molecule has 0 spiro atoms. The fraction of sp³-hybridized carbons (Fsp3) is 0.522. The molecule has 1 aromatic carbocycles. The highest BCUT2D eigenvalue weighted by atomic mass is 32.2. The second-order valence-electron chi connectivity index (χ2n) is 9.04. The van der Waals surface area contributed by atoms with Crippen LogP contribution in [-0.4, -0.2) is 70.1 Å². The molecule has 0 aliphatic carbocycles. The maximum atomic E-state index is 15.0. The van der Waals surface area contributed by atoms with Gasteiger partial charge in [0.05, 0.1) is 18.0 Å². The Morgan fingerprint density at radius 2 is 2.08 bits per heavy atom. The van der Waals surface area contributed by atoms with Crippen LogP contribution in [0.5, 0.6) is 17.2 Å². The van der Waals surface area contributed by atoms with Crippen LogP contribution in [0.4, 0.5) is 10.2 Å². The number of nitrogen functional groups attached to an aromatic ring is 1. The standard InChI is InChI=1S/C23H30FN4O9PS/c1-12(2)36-22(30)13(3)27-38(32,37-15-6-4-5-14-20(15)34-10-9-33-14)35-11-16-19(29)18(24)21(39-16)28-8-7-17(25)26-23(28)31/h4-8,12-13,16,18-19,21,29H,9-11H2,1-3H3,(H,27,32)(H2,25,26,31)/t13-,16+,18-,19+,21+,38-/m0/s1. The van der Waals surface area contributed by atoms with Crippen molar-refractivity contribution >= 4 is 31.3 Å². The Morgan fingerprint density at radius 3 is 2.79 bits per heavy atom. The van der Waals surface area contributed by atoms with Crippen LogP contribution in [0, 0.1) is 0 Å². The molecule has 0 unspecified atom stereocenters. The first kappa shape index (κ1) is 29.2. The number of benzene rings is 1. The van der Waals surface area contributed by atoms with Gasteiger partial charge in [0.25, 0.3) is 0 Å². The summed E-state index contributed by atoms with van der Waals surface area (Å²) in [6, 6.07) is 4.93. The van der Waals surface area contributed by atoms with Crippen LogP contribution in [0.25, 0.3) is 0 Å². The van der Waals surface area contributed by atoms with E-state index in [-0.39, 0.29) is 23.9 Å². The third kappa shape index (κ3) is 6.84. The number of carbonyl (C=O) groups excluding carboxylic acids is 1. The fourth-order valence-corrected chi connectivity index (χ4v) is 6.86. The van der Waals surface area contributed by atoms with Gasteiger partial charge in [-0.25, -0.2) is 13.8 Å². The molecular weight excluding hydrogens is 558 g/mol. The first-order valence-electron chi connectivity index (χ1n) is 12.1. The van der Waals surface area contributed by atoms with Gasteiger partial charge in [0.2, 0.25) is 5.75 Å². The average molecular weight is 589 g/mol. The summed E-state index contributed by atoms with van der Waals surface area (Å²) in [5.74, 6) is -0.151. The molecule has 0 saturated carbocycles. The third-order valence-corrected chi connectivity index (χ3v) is 8.79. The van der Waals surface area contributed by atoms with E-state index in [1.54, 1.807) is 26.0 Å². The zero-order valence-electron chi connectivity index (χ0n) is 21.4. The molecule has 39 heavy (non-hydrogen) atoms. The molecule has 214 valence electrons. The molecule has 0 radical (unpaired) electrons. The van der Waals surface area contributed by atoms with Crippen LogP contribution in [0.1, 0.15) is 26.1 Å². The van der Waals surface area contributed by atoms with E-state index in [4.69, 9.17) is 29.0 Å². The van der Waals surface area contributed by atoms with Crippen molar-refractivity contribution in [3.8, 4) is 17.2 Å². The number of thioether (sulfide) groups is 1. The van der Waals surface area contributed by atoms with Crippen LogP contribution >= 0.6 is 19.5 Å². The van der Waals surface area contributed by atoms with Gasteiger partial charge in [0.1, 0.15) is 36.6 Å². The fourth-order valence-electron chi connectivity index (χ4n) is 3.82. The number of ether oxygens (including phenoxy) is 3. The number of halogens is 1. The number of para-hydroxylation sites is 1. The van der Waals surface area contributed by atoms with Crippen molar-refractivity contribution < 1.29 is 42.1 Å². The lowest BCUT2D eigenvalue weighted by atomic mass is 10.1. The number of esters is 1. The van der Waals surface area contributed by atoms with Gasteiger partial charge in [0.15, 0.2) is 17.7 Å². The van der Waals surface area contributed by atoms with Crippen molar-refractivity contribution in [3.05, 3.63) is 40.9 Å². The molecule has 1 aromatic heterocycles. The van der Waals surface area contributed by atoms with Gasteiger partial charge in [-0.2, -0.15) is 10.1 Å². The summed E-state index contributed by atoms with van der Waals surface area (Å²) in [5, 5.41) is 11.0. The quantitative estimate of drug-likeness (QED) is 0.272. The Bertz CT molecular complexity index is 1300. The molecule has 4 N–H and O–H groups in total. The Morgan fingerprint density at radius 1 is 1.33 bits per heavy atom. The predicted molar refractivity (Wildman–Crippen MR) is 140 cm³/mol. The topological polar surface area (TPSA) is 173 Å². The monoisotopic (exact) mass is 588 g/mol. The number of aromatic nitrogens is 2. The summed E-state index contributed by atoms with van der Waals surface area (Å²) in [6.45, 7) is 4.81. The van der Waals surface area contributed by atoms with Crippen molar-refractivity contribution in [2.45, 2.75) is 55.8 Å². The summed E-state index contributed by atoms with van der Waals surface area (Å²) < 4.78 is 57.7. The summed E-state index contributed by atoms with van der Waals surface area (Å²) in [7, 11) is -4.38. The number of aliphatic hydroxyl groups excluding tert-OH is 1. The van der Waals surface area contributed by atoms with E-state index < -0.39 is 61.1 Å². The third-order valence-electron chi connectivity index (χ3n) is 5.63. The molecule has 1 saturated heterocycles. The Kier molecular flexibility index (Phi) is 9.07. The normalized spacial score (nSPS) is 24.7. The van der Waals surface area contributed by atoms with E-state index in [2.05, 4.69) is 10.1 Å². The molecule has 2 aromatic rings. The molecule has 1 fully saturated rings. The second kappa shape index (κ2) is 12.1. The van der Waals surface area contributed by atoms with E-state index in [0.29, 0.717) is 12.4 Å². The molecular formula is C23H30FN4O9PS.